The zero-order chi connectivity index (χ0) is 21.1. The predicted octanol–water partition coefficient (Wildman–Crippen LogP) is 2.74. The average molecular weight is 419 g/mol. The third kappa shape index (κ3) is 4.36. The van der Waals surface area contributed by atoms with Gasteiger partial charge in [-0.05, 0) is 44.6 Å². The summed E-state index contributed by atoms with van der Waals surface area (Å²) in [5.41, 5.74) is -0.726. The number of urea groups is 1. The summed E-state index contributed by atoms with van der Waals surface area (Å²) in [5.74, 6) is 0.830. The molecule has 3 saturated heterocycles. The lowest BCUT2D eigenvalue weighted by atomic mass is 9.86. The minimum Gasteiger partial charge on any atom is -0.341 e. The maximum atomic E-state index is 13.3. The molecule has 168 valence electrons. The first kappa shape index (κ1) is 21.6. The Hall–Kier alpha value is -1.63. The van der Waals surface area contributed by atoms with Crippen LogP contribution in [-0.4, -0.2) is 76.8 Å². The van der Waals surface area contributed by atoms with Crippen LogP contribution in [-0.2, 0) is 9.59 Å². The molecule has 1 atom stereocenters. The first-order valence-electron chi connectivity index (χ1n) is 12.2. The van der Waals surface area contributed by atoms with Crippen LogP contribution in [0.25, 0.3) is 0 Å². The Labute approximate surface area is 180 Å². The van der Waals surface area contributed by atoms with Crippen molar-refractivity contribution in [3.05, 3.63) is 0 Å². The molecule has 3 aliphatic heterocycles. The van der Waals surface area contributed by atoms with Crippen LogP contribution in [0.3, 0.4) is 0 Å². The molecule has 1 spiro atoms. The highest BCUT2D eigenvalue weighted by atomic mass is 16.2. The number of imide groups is 1. The molecule has 7 nitrogen and oxygen atoms in total. The Morgan fingerprint density at radius 2 is 1.77 bits per heavy atom. The van der Waals surface area contributed by atoms with E-state index in [0.29, 0.717) is 31.7 Å². The summed E-state index contributed by atoms with van der Waals surface area (Å²) in [6.45, 7) is 6.03. The highest BCUT2D eigenvalue weighted by Gasteiger charge is 2.54. The topological polar surface area (TPSA) is 73.0 Å². The molecular formula is C23H38N4O3. The molecule has 0 bridgehead atoms. The van der Waals surface area contributed by atoms with Crippen molar-refractivity contribution in [3.8, 4) is 0 Å². The van der Waals surface area contributed by atoms with E-state index < -0.39 is 5.54 Å². The predicted molar refractivity (Wildman–Crippen MR) is 115 cm³/mol. The standard InChI is InChI=1S/C23H38N4O3/c1-2-25-15-12-23(13-16-25)21(29)27(22(30)24-23)19-9-6-14-26(17-19)20(28)11-10-18-7-4-3-5-8-18/h18-19H,2-17H2,1H3,(H,24,30)/t19-/m1/s1. The van der Waals surface area contributed by atoms with E-state index >= 15 is 0 Å². The summed E-state index contributed by atoms with van der Waals surface area (Å²) in [5, 5.41) is 3.03. The number of hydrogen-bond acceptors (Lipinski definition) is 4. The molecule has 1 saturated carbocycles. The van der Waals surface area contributed by atoms with E-state index in [1.807, 2.05) is 4.90 Å². The van der Waals surface area contributed by atoms with Gasteiger partial charge >= 0.3 is 6.03 Å². The molecule has 1 N–H and O–H groups in total. The third-order valence-corrected chi connectivity index (χ3v) is 7.96. The molecule has 0 aromatic rings. The summed E-state index contributed by atoms with van der Waals surface area (Å²) < 4.78 is 0. The number of amides is 4. The fourth-order valence-electron chi connectivity index (χ4n) is 5.92. The van der Waals surface area contributed by atoms with Crippen LogP contribution >= 0.6 is 0 Å². The molecule has 7 heteroatoms. The molecular weight excluding hydrogens is 380 g/mol. The van der Waals surface area contributed by atoms with Crippen molar-refractivity contribution in [2.45, 2.75) is 89.1 Å². The van der Waals surface area contributed by atoms with Gasteiger partial charge in [-0.2, -0.15) is 0 Å². The lowest BCUT2D eigenvalue weighted by molar-refractivity contribution is -0.139. The lowest BCUT2D eigenvalue weighted by Crippen LogP contribution is -2.56. The van der Waals surface area contributed by atoms with Gasteiger partial charge in [0, 0.05) is 32.6 Å². The van der Waals surface area contributed by atoms with Crippen LogP contribution in [0.5, 0.6) is 0 Å². The highest BCUT2D eigenvalue weighted by molar-refractivity contribution is 6.07. The van der Waals surface area contributed by atoms with Gasteiger partial charge in [0.05, 0.1) is 6.04 Å². The molecule has 4 amide bonds. The number of hydrogen-bond donors (Lipinski definition) is 1. The number of carbonyl (C=O) groups excluding carboxylic acids is 3. The first-order chi connectivity index (χ1) is 14.5. The summed E-state index contributed by atoms with van der Waals surface area (Å²) in [4.78, 5) is 44.6. The second-order valence-corrected chi connectivity index (χ2v) is 9.80. The van der Waals surface area contributed by atoms with Gasteiger partial charge in [0.1, 0.15) is 5.54 Å². The summed E-state index contributed by atoms with van der Waals surface area (Å²) in [7, 11) is 0. The Balaban J connectivity index is 1.34. The molecule has 0 unspecified atom stereocenters. The number of nitrogens with zero attached hydrogens (tertiary/aromatic N) is 3. The number of rotatable bonds is 5. The monoisotopic (exact) mass is 418 g/mol. The van der Waals surface area contributed by atoms with Gasteiger partial charge in [0.15, 0.2) is 0 Å². The molecule has 0 aromatic heterocycles. The quantitative estimate of drug-likeness (QED) is 0.697. The van der Waals surface area contributed by atoms with Crippen molar-refractivity contribution in [2.75, 3.05) is 32.7 Å². The van der Waals surface area contributed by atoms with E-state index in [-0.39, 0.29) is 23.9 Å². The fraction of sp³-hybridized carbons (Fsp3) is 0.870. The van der Waals surface area contributed by atoms with Gasteiger partial charge in [-0.1, -0.05) is 39.0 Å². The Morgan fingerprint density at radius 3 is 2.47 bits per heavy atom. The van der Waals surface area contributed by atoms with Gasteiger partial charge in [0.2, 0.25) is 5.91 Å². The second kappa shape index (κ2) is 9.25. The average Bonchev–Trinajstić information content (AvgIpc) is 3.02. The SMILES string of the molecule is CCN1CCC2(CC1)NC(=O)N([C@@H]1CCCN(C(=O)CCC3CCCCC3)C1)C2=O. The van der Waals surface area contributed by atoms with Gasteiger partial charge in [-0.3, -0.25) is 14.5 Å². The number of piperidine rings is 2. The first-order valence-corrected chi connectivity index (χ1v) is 12.2. The molecule has 4 rings (SSSR count). The minimum atomic E-state index is -0.726. The molecule has 3 heterocycles. The molecule has 4 aliphatic rings. The minimum absolute atomic E-state index is 0.0650. The zero-order valence-electron chi connectivity index (χ0n) is 18.5. The van der Waals surface area contributed by atoms with Gasteiger partial charge in [0.25, 0.3) is 5.91 Å². The van der Waals surface area contributed by atoms with Crippen LogP contribution in [0.15, 0.2) is 0 Å². The largest absolute Gasteiger partial charge is 0.341 e. The molecule has 0 radical (unpaired) electrons. The van der Waals surface area contributed by atoms with Crippen LogP contribution in [0.1, 0.15) is 77.6 Å². The second-order valence-electron chi connectivity index (χ2n) is 9.80. The van der Waals surface area contributed by atoms with Crippen molar-refractivity contribution in [2.24, 2.45) is 5.92 Å². The van der Waals surface area contributed by atoms with Crippen LogP contribution in [0.4, 0.5) is 4.79 Å². The normalized spacial score (nSPS) is 28.2. The van der Waals surface area contributed by atoms with Gasteiger partial charge in [-0.15, -0.1) is 0 Å². The number of likely N-dealkylation sites (tertiary alicyclic amines) is 2. The smallest absolute Gasteiger partial charge is 0.325 e. The van der Waals surface area contributed by atoms with Crippen LogP contribution in [0, 0.1) is 5.92 Å². The van der Waals surface area contributed by atoms with Crippen molar-refractivity contribution >= 4 is 17.8 Å². The molecule has 4 fully saturated rings. The van der Waals surface area contributed by atoms with Gasteiger partial charge in [-0.25, -0.2) is 4.79 Å². The summed E-state index contributed by atoms with van der Waals surface area (Å²) in [6.07, 6.45) is 11.1. The van der Waals surface area contributed by atoms with E-state index in [9.17, 15) is 14.4 Å². The molecule has 0 aromatic carbocycles. The van der Waals surface area contributed by atoms with Crippen molar-refractivity contribution < 1.29 is 14.4 Å². The van der Waals surface area contributed by atoms with Crippen molar-refractivity contribution in [1.29, 1.82) is 0 Å². The van der Waals surface area contributed by atoms with Gasteiger partial charge < -0.3 is 15.1 Å². The summed E-state index contributed by atoms with van der Waals surface area (Å²) >= 11 is 0. The fourth-order valence-corrected chi connectivity index (χ4v) is 5.92. The molecule has 1 aliphatic carbocycles. The van der Waals surface area contributed by atoms with Crippen LogP contribution < -0.4 is 5.32 Å². The van der Waals surface area contributed by atoms with Crippen molar-refractivity contribution in [1.82, 2.24) is 20.0 Å². The Bertz CT molecular complexity index is 653. The van der Waals surface area contributed by atoms with E-state index in [1.165, 1.54) is 37.0 Å². The zero-order valence-corrected chi connectivity index (χ0v) is 18.5. The maximum absolute atomic E-state index is 13.3. The van der Waals surface area contributed by atoms with E-state index in [2.05, 4.69) is 17.1 Å². The Kier molecular flexibility index (Phi) is 6.66. The number of carbonyl (C=O) groups is 3. The lowest BCUT2D eigenvalue weighted by Gasteiger charge is -2.39. The summed E-state index contributed by atoms with van der Waals surface area (Å²) in [6, 6.07) is -0.445. The van der Waals surface area contributed by atoms with Crippen molar-refractivity contribution in [3.63, 3.8) is 0 Å². The van der Waals surface area contributed by atoms with E-state index in [1.54, 1.807) is 0 Å². The molecule has 30 heavy (non-hydrogen) atoms. The Morgan fingerprint density at radius 1 is 1.03 bits per heavy atom. The van der Waals surface area contributed by atoms with E-state index in [4.69, 9.17) is 0 Å². The van der Waals surface area contributed by atoms with E-state index in [0.717, 1.165) is 45.4 Å². The number of nitrogens with one attached hydrogen (secondary N) is 1. The highest BCUT2D eigenvalue weighted by Crippen LogP contribution is 2.33. The maximum Gasteiger partial charge on any atom is 0.325 e. The van der Waals surface area contributed by atoms with Crippen LogP contribution in [0.2, 0.25) is 0 Å². The third-order valence-electron chi connectivity index (χ3n) is 7.96.